The summed E-state index contributed by atoms with van der Waals surface area (Å²) in [6.45, 7) is 0.613. The molecule has 0 unspecified atom stereocenters. The Morgan fingerprint density at radius 1 is 1.30 bits per heavy atom. The molecule has 1 aromatic heterocycles. The lowest BCUT2D eigenvalue weighted by atomic mass is 10.2. The zero-order valence-electron chi connectivity index (χ0n) is 12.4. The number of hydrogen-bond acceptors (Lipinski definition) is 4. The summed E-state index contributed by atoms with van der Waals surface area (Å²) < 4.78 is 0.934. The van der Waals surface area contributed by atoms with Gasteiger partial charge >= 0.3 is 5.97 Å². The van der Waals surface area contributed by atoms with Crippen LogP contribution in [0.15, 0.2) is 40.3 Å². The highest BCUT2D eigenvalue weighted by Gasteiger charge is 2.16. The number of rotatable bonds is 8. The molecule has 0 aliphatic carbocycles. The van der Waals surface area contributed by atoms with E-state index in [9.17, 15) is 9.59 Å². The molecule has 122 valence electrons. The van der Waals surface area contributed by atoms with Crippen molar-refractivity contribution in [2.75, 3.05) is 6.54 Å². The number of benzene rings is 1. The minimum Gasteiger partial charge on any atom is -0.481 e. The van der Waals surface area contributed by atoms with Gasteiger partial charge in [0, 0.05) is 42.0 Å². The van der Waals surface area contributed by atoms with Crippen molar-refractivity contribution in [3.8, 4) is 0 Å². The van der Waals surface area contributed by atoms with Crippen molar-refractivity contribution in [1.82, 2.24) is 9.88 Å². The van der Waals surface area contributed by atoms with E-state index < -0.39 is 5.97 Å². The molecule has 0 aliphatic heterocycles. The van der Waals surface area contributed by atoms with Gasteiger partial charge in [0.2, 0.25) is 5.91 Å². The molecule has 5 nitrogen and oxygen atoms in total. The molecule has 2 rings (SSSR count). The molecule has 0 aliphatic rings. The highest BCUT2D eigenvalue weighted by Crippen LogP contribution is 2.15. The maximum absolute atomic E-state index is 12.4. The summed E-state index contributed by atoms with van der Waals surface area (Å²) in [5.74, 6) is -0.960. The smallest absolute Gasteiger partial charge is 0.305 e. The molecule has 1 heterocycles. The van der Waals surface area contributed by atoms with Crippen molar-refractivity contribution in [1.29, 1.82) is 0 Å². The summed E-state index contributed by atoms with van der Waals surface area (Å²) in [6, 6.07) is 7.67. The molecule has 0 atom stereocenters. The molecule has 0 radical (unpaired) electrons. The summed E-state index contributed by atoms with van der Waals surface area (Å²) in [5, 5.41) is 11.7. The molecule has 0 saturated heterocycles. The third-order valence-electron chi connectivity index (χ3n) is 3.25. The van der Waals surface area contributed by atoms with E-state index in [1.54, 1.807) is 11.1 Å². The van der Waals surface area contributed by atoms with E-state index >= 15 is 0 Å². The number of carbonyl (C=O) groups excluding carboxylic acids is 1. The quantitative estimate of drug-likeness (QED) is 0.742. The van der Waals surface area contributed by atoms with Crippen LogP contribution in [0.4, 0.5) is 0 Å². The monoisotopic (exact) mass is 396 g/mol. The average Bonchev–Trinajstić information content (AvgIpc) is 3.02. The van der Waals surface area contributed by atoms with Gasteiger partial charge in [0.1, 0.15) is 0 Å². The molecule has 0 bridgehead atoms. The predicted octanol–water partition coefficient (Wildman–Crippen LogP) is 3.34. The Bertz CT molecular complexity index is 661. The molecule has 0 saturated carbocycles. The number of aromatic nitrogens is 1. The Labute approximate surface area is 147 Å². The summed E-state index contributed by atoms with van der Waals surface area (Å²) in [6.07, 6.45) is 2.57. The Morgan fingerprint density at radius 3 is 2.78 bits per heavy atom. The molecular formula is C16H17BrN2O3S. The first-order valence-corrected chi connectivity index (χ1v) is 8.84. The van der Waals surface area contributed by atoms with Crippen molar-refractivity contribution in [2.45, 2.75) is 25.8 Å². The highest BCUT2D eigenvalue weighted by atomic mass is 79.9. The number of carboxylic acids is 1. The van der Waals surface area contributed by atoms with Crippen molar-refractivity contribution in [3.63, 3.8) is 0 Å². The third-order valence-corrected chi connectivity index (χ3v) is 4.58. The maximum atomic E-state index is 12.4. The van der Waals surface area contributed by atoms with Crippen LogP contribution in [0.1, 0.15) is 23.4 Å². The number of thiazole rings is 1. The second kappa shape index (κ2) is 8.79. The largest absolute Gasteiger partial charge is 0.481 e. The summed E-state index contributed by atoms with van der Waals surface area (Å²) in [7, 11) is 0. The fraction of sp³-hybridized carbons (Fsp3) is 0.312. The van der Waals surface area contributed by atoms with Crippen LogP contribution in [0.3, 0.4) is 0 Å². The standard InChI is InChI=1S/C16H17BrN2O3S/c17-13-3-1-2-12(10-13)11-19(8-6-16(21)22)15(20)5-4-14-18-7-9-23-14/h1-3,7,9-10H,4-6,8,11H2,(H,21,22). The molecule has 2 aromatic rings. The second-order valence-corrected chi connectivity index (χ2v) is 6.91. The van der Waals surface area contributed by atoms with Crippen LogP contribution in [0.5, 0.6) is 0 Å². The van der Waals surface area contributed by atoms with Gasteiger partial charge in [-0.05, 0) is 17.7 Å². The van der Waals surface area contributed by atoms with E-state index in [1.165, 1.54) is 11.3 Å². The van der Waals surface area contributed by atoms with Gasteiger partial charge in [0.25, 0.3) is 0 Å². The Kier molecular flexibility index (Phi) is 6.73. The van der Waals surface area contributed by atoms with Gasteiger partial charge in [0.15, 0.2) is 0 Å². The molecule has 23 heavy (non-hydrogen) atoms. The molecule has 7 heteroatoms. The first-order chi connectivity index (χ1) is 11.0. The number of carboxylic acid groups (broad SMARTS) is 1. The van der Waals surface area contributed by atoms with Crippen LogP contribution in [0.2, 0.25) is 0 Å². The van der Waals surface area contributed by atoms with Crippen LogP contribution < -0.4 is 0 Å². The lowest BCUT2D eigenvalue weighted by Crippen LogP contribution is -2.32. The fourth-order valence-corrected chi connectivity index (χ4v) is 3.19. The van der Waals surface area contributed by atoms with Gasteiger partial charge in [-0.2, -0.15) is 0 Å². The Balaban J connectivity index is 2.00. The van der Waals surface area contributed by atoms with Crippen LogP contribution in [-0.2, 0) is 22.6 Å². The Morgan fingerprint density at radius 2 is 2.13 bits per heavy atom. The minimum absolute atomic E-state index is 0.0542. The van der Waals surface area contributed by atoms with Crippen molar-refractivity contribution >= 4 is 39.1 Å². The molecular weight excluding hydrogens is 380 g/mol. The lowest BCUT2D eigenvalue weighted by Gasteiger charge is -2.22. The van der Waals surface area contributed by atoms with Gasteiger partial charge in [-0.1, -0.05) is 28.1 Å². The fourth-order valence-electron chi connectivity index (χ4n) is 2.13. The first kappa shape index (κ1) is 17.6. The molecule has 1 amide bonds. The van der Waals surface area contributed by atoms with E-state index in [4.69, 9.17) is 5.11 Å². The first-order valence-electron chi connectivity index (χ1n) is 7.17. The number of amides is 1. The summed E-state index contributed by atoms with van der Waals surface area (Å²) in [5.41, 5.74) is 0.965. The van der Waals surface area contributed by atoms with E-state index in [-0.39, 0.29) is 18.9 Å². The van der Waals surface area contributed by atoms with E-state index in [0.29, 0.717) is 19.4 Å². The van der Waals surface area contributed by atoms with Gasteiger partial charge in [-0.15, -0.1) is 11.3 Å². The number of nitrogens with zero attached hydrogens (tertiary/aromatic N) is 2. The van der Waals surface area contributed by atoms with Crippen LogP contribution in [0.25, 0.3) is 0 Å². The predicted molar refractivity (Wildman–Crippen MR) is 92.2 cm³/mol. The molecule has 1 N–H and O–H groups in total. The SMILES string of the molecule is O=C(O)CCN(Cc1cccc(Br)c1)C(=O)CCc1nccs1. The van der Waals surface area contributed by atoms with Crippen LogP contribution in [0, 0.1) is 0 Å². The van der Waals surface area contributed by atoms with Crippen molar-refractivity contribution in [2.24, 2.45) is 0 Å². The summed E-state index contributed by atoms with van der Waals surface area (Å²) >= 11 is 4.92. The van der Waals surface area contributed by atoms with Crippen molar-refractivity contribution < 1.29 is 14.7 Å². The molecule has 0 fully saturated rings. The third kappa shape index (κ3) is 6.11. The number of hydrogen-bond donors (Lipinski definition) is 1. The van der Waals surface area contributed by atoms with Crippen LogP contribution in [-0.4, -0.2) is 33.4 Å². The number of aryl methyl sites for hydroxylation is 1. The zero-order chi connectivity index (χ0) is 16.7. The molecule has 0 spiro atoms. The highest BCUT2D eigenvalue weighted by molar-refractivity contribution is 9.10. The minimum atomic E-state index is -0.906. The van der Waals surface area contributed by atoms with E-state index in [1.807, 2.05) is 29.6 Å². The normalized spacial score (nSPS) is 10.5. The second-order valence-electron chi connectivity index (χ2n) is 5.01. The average molecular weight is 397 g/mol. The number of aliphatic carboxylic acids is 1. The van der Waals surface area contributed by atoms with Gasteiger partial charge in [-0.3, -0.25) is 9.59 Å². The van der Waals surface area contributed by atoms with Gasteiger partial charge in [0.05, 0.1) is 11.4 Å². The maximum Gasteiger partial charge on any atom is 0.305 e. The topological polar surface area (TPSA) is 70.5 Å². The van der Waals surface area contributed by atoms with E-state index in [0.717, 1.165) is 15.0 Å². The van der Waals surface area contributed by atoms with Crippen LogP contribution >= 0.6 is 27.3 Å². The lowest BCUT2D eigenvalue weighted by molar-refractivity contribution is -0.138. The molecule has 1 aromatic carbocycles. The number of halogens is 1. The van der Waals surface area contributed by atoms with E-state index in [2.05, 4.69) is 20.9 Å². The number of carbonyl (C=O) groups is 2. The Hall–Kier alpha value is -1.73. The zero-order valence-corrected chi connectivity index (χ0v) is 14.8. The van der Waals surface area contributed by atoms with Gasteiger partial charge in [-0.25, -0.2) is 4.98 Å². The summed E-state index contributed by atoms with van der Waals surface area (Å²) in [4.78, 5) is 29.0. The van der Waals surface area contributed by atoms with Crippen molar-refractivity contribution in [3.05, 3.63) is 50.9 Å². The van der Waals surface area contributed by atoms with Gasteiger partial charge < -0.3 is 10.0 Å².